The Morgan fingerprint density at radius 3 is 1.14 bits per heavy atom. The molecular formula is C59H40BN3. The van der Waals surface area contributed by atoms with Crippen LogP contribution >= 0.6 is 0 Å². The molecule has 0 N–H and O–H groups in total. The van der Waals surface area contributed by atoms with Crippen LogP contribution in [-0.4, -0.2) is 11.7 Å². The minimum Gasteiger partial charge on any atom is -0.311 e. The number of pyridine rings is 1. The second-order valence-corrected chi connectivity index (χ2v) is 16.4. The number of rotatable bonds is 7. The van der Waals surface area contributed by atoms with Gasteiger partial charge in [0.05, 0.1) is 0 Å². The summed E-state index contributed by atoms with van der Waals surface area (Å²) >= 11 is 0. The van der Waals surface area contributed by atoms with Gasteiger partial charge in [0, 0.05) is 52.1 Å². The van der Waals surface area contributed by atoms with Crippen LogP contribution in [0, 0.1) is 0 Å². The maximum Gasteiger partial charge on any atom is 0.252 e. The summed E-state index contributed by atoms with van der Waals surface area (Å²) in [6, 6.07) is 84.2. The van der Waals surface area contributed by atoms with Gasteiger partial charge in [-0.1, -0.05) is 170 Å². The van der Waals surface area contributed by atoms with Crippen LogP contribution in [-0.2, 0) is 0 Å². The van der Waals surface area contributed by atoms with Gasteiger partial charge in [0.25, 0.3) is 6.71 Å². The van der Waals surface area contributed by atoms with E-state index in [1.807, 2.05) is 18.5 Å². The molecular weight excluding hydrogens is 761 g/mol. The first-order valence-corrected chi connectivity index (χ1v) is 21.6. The topological polar surface area (TPSA) is 19.4 Å². The molecule has 10 aromatic rings. The van der Waals surface area contributed by atoms with E-state index in [1.165, 1.54) is 61.1 Å². The quantitative estimate of drug-likeness (QED) is 0.150. The van der Waals surface area contributed by atoms with Crippen LogP contribution in [0.2, 0.25) is 0 Å². The molecule has 2 aliphatic heterocycles. The summed E-state index contributed by atoms with van der Waals surface area (Å²) in [5.41, 5.74) is 22.3. The summed E-state index contributed by atoms with van der Waals surface area (Å²) < 4.78 is 0. The van der Waals surface area contributed by atoms with Crippen molar-refractivity contribution >= 4 is 57.2 Å². The zero-order valence-corrected chi connectivity index (χ0v) is 34.5. The first-order chi connectivity index (χ1) is 31.2. The number of fused-ring (bicyclic) bond motifs is 4. The van der Waals surface area contributed by atoms with Crippen LogP contribution < -0.4 is 26.2 Å². The zero-order chi connectivity index (χ0) is 41.7. The Morgan fingerprint density at radius 2 is 0.683 bits per heavy atom. The van der Waals surface area contributed by atoms with Crippen LogP contribution in [0.3, 0.4) is 0 Å². The van der Waals surface area contributed by atoms with Gasteiger partial charge in [0.1, 0.15) is 0 Å². The van der Waals surface area contributed by atoms with Crippen molar-refractivity contribution in [3.05, 3.63) is 243 Å². The van der Waals surface area contributed by atoms with E-state index in [1.54, 1.807) is 0 Å². The van der Waals surface area contributed by atoms with Crippen molar-refractivity contribution in [3.63, 3.8) is 0 Å². The van der Waals surface area contributed by atoms with Crippen molar-refractivity contribution in [3.8, 4) is 55.6 Å². The first-order valence-electron chi connectivity index (χ1n) is 21.6. The standard InChI is InChI=1S/C59H40BN3/c1-6-17-41(18-7-1)45-28-30-53-55(36-45)62(51-26-14-5-15-27-51)57-38-50(47-25-16-32-61-40-47)39-58-59(57)60(53)54-31-29-46(42-19-8-2-9-20-42)37-56(54)63(58)52-34-48(43-21-10-3-11-22-43)33-49(35-52)44-23-12-4-13-24-44/h1-40H. The molecule has 2 aliphatic rings. The van der Waals surface area contributed by atoms with Crippen molar-refractivity contribution < 1.29 is 0 Å². The Bertz CT molecular complexity index is 3210. The summed E-state index contributed by atoms with van der Waals surface area (Å²) in [7, 11) is 0. The highest BCUT2D eigenvalue weighted by molar-refractivity contribution is 7.00. The smallest absolute Gasteiger partial charge is 0.252 e. The number of nitrogens with zero attached hydrogens (tertiary/aromatic N) is 3. The minimum absolute atomic E-state index is 0.0419. The molecule has 0 radical (unpaired) electrons. The van der Waals surface area contributed by atoms with Crippen molar-refractivity contribution in [1.82, 2.24) is 4.98 Å². The Labute approximate surface area is 368 Å². The van der Waals surface area contributed by atoms with Crippen LogP contribution in [0.1, 0.15) is 0 Å². The Morgan fingerprint density at radius 1 is 0.286 bits per heavy atom. The van der Waals surface area contributed by atoms with Gasteiger partial charge in [-0.15, -0.1) is 0 Å². The molecule has 0 saturated heterocycles. The molecule has 4 heteroatoms. The average molecular weight is 802 g/mol. The summed E-state index contributed by atoms with van der Waals surface area (Å²) in [6.45, 7) is -0.0419. The molecule has 12 rings (SSSR count). The third-order valence-electron chi connectivity index (χ3n) is 12.7. The Balaban J connectivity index is 1.20. The van der Waals surface area contributed by atoms with Gasteiger partial charge in [-0.3, -0.25) is 4.98 Å². The molecule has 0 amide bonds. The van der Waals surface area contributed by atoms with Crippen molar-refractivity contribution in [2.75, 3.05) is 9.80 Å². The number of aromatic nitrogens is 1. The van der Waals surface area contributed by atoms with E-state index in [0.29, 0.717) is 0 Å². The van der Waals surface area contributed by atoms with Crippen LogP contribution in [0.15, 0.2) is 243 Å². The summed E-state index contributed by atoms with van der Waals surface area (Å²) in [5.74, 6) is 0. The Hall–Kier alpha value is -8.21. The number of hydrogen-bond donors (Lipinski definition) is 0. The normalized spacial score (nSPS) is 12.3. The van der Waals surface area contributed by atoms with E-state index in [0.717, 1.165) is 45.0 Å². The fourth-order valence-electron chi connectivity index (χ4n) is 9.78. The highest BCUT2D eigenvalue weighted by atomic mass is 15.2. The fraction of sp³-hybridized carbons (Fsp3) is 0. The molecule has 63 heavy (non-hydrogen) atoms. The molecule has 0 atom stereocenters. The predicted octanol–water partition coefficient (Wildman–Crippen LogP) is 13.5. The molecule has 0 spiro atoms. The number of hydrogen-bond acceptors (Lipinski definition) is 3. The average Bonchev–Trinajstić information content (AvgIpc) is 3.37. The lowest BCUT2D eigenvalue weighted by atomic mass is 9.33. The lowest BCUT2D eigenvalue weighted by Crippen LogP contribution is -2.61. The van der Waals surface area contributed by atoms with Gasteiger partial charge >= 0.3 is 0 Å². The van der Waals surface area contributed by atoms with Crippen LogP contribution in [0.4, 0.5) is 34.1 Å². The molecule has 0 fully saturated rings. The monoisotopic (exact) mass is 801 g/mol. The molecule has 0 unspecified atom stereocenters. The van der Waals surface area contributed by atoms with E-state index < -0.39 is 0 Å². The maximum atomic E-state index is 4.64. The lowest BCUT2D eigenvalue weighted by molar-refractivity contribution is 1.25. The molecule has 294 valence electrons. The number of anilines is 6. The highest BCUT2D eigenvalue weighted by Crippen LogP contribution is 2.48. The van der Waals surface area contributed by atoms with Crippen molar-refractivity contribution in [1.29, 1.82) is 0 Å². The fourth-order valence-corrected chi connectivity index (χ4v) is 9.78. The lowest BCUT2D eigenvalue weighted by Gasteiger charge is -2.45. The van der Waals surface area contributed by atoms with Crippen LogP contribution in [0.5, 0.6) is 0 Å². The van der Waals surface area contributed by atoms with Gasteiger partial charge in [-0.2, -0.15) is 0 Å². The first kappa shape index (κ1) is 36.6. The van der Waals surface area contributed by atoms with E-state index in [4.69, 9.17) is 0 Å². The van der Waals surface area contributed by atoms with E-state index in [-0.39, 0.29) is 6.71 Å². The predicted molar refractivity (Wildman–Crippen MR) is 265 cm³/mol. The summed E-state index contributed by atoms with van der Waals surface area (Å²) in [4.78, 5) is 9.68. The SMILES string of the molecule is c1ccc(-c2cc(-c3ccccc3)cc(N3c4cc(-c5ccccc5)ccc4B4c5ccc(-c6ccccc6)cc5N(c5ccccc5)c5cc(-c6cccnc6)cc3c54)c2)cc1. The van der Waals surface area contributed by atoms with E-state index in [2.05, 4.69) is 239 Å². The molecule has 9 aromatic carbocycles. The van der Waals surface area contributed by atoms with Gasteiger partial charge in [-0.05, 0) is 127 Å². The van der Waals surface area contributed by atoms with Gasteiger partial charge < -0.3 is 9.80 Å². The van der Waals surface area contributed by atoms with Crippen LogP contribution in [0.25, 0.3) is 55.6 Å². The number of para-hydroxylation sites is 1. The molecule has 0 saturated carbocycles. The minimum atomic E-state index is -0.0419. The molecule has 3 nitrogen and oxygen atoms in total. The second-order valence-electron chi connectivity index (χ2n) is 16.4. The largest absolute Gasteiger partial charge is 0.311 e. The molecule has 1 aromatic heterocycles. The van der Waals surface area contributed by atoms with E-state index >= 15 is 0 Å². The number of benzene rings is 9. The zero-order valence-electron chi connectivity index (χ0n) is 34.5. The maximum absolute atomic E-state index is 4.64. The molecule has 0 aliphatic carbocycles. The van der Waals surface area contributed by atoms with Crippen molar-refractivity contribution in [2.24, 2.45) is 0 Å². The van der Waals surface area contributed by atoms with E-state index in [9.17, 15) is 0 Å². The summed E-state index contributed by atoms with van der Waals surface area (Å²) in [6.07, 6.45) is 3.84. The third kappa shape index (κ3) is 6.43. The summed E-state index contributed by atoms with van der Waals surface area (Å²) in [5, 5.41) is 0. The van der Waals surface area contributed by atoms with Crippen molar-refractivity contribution in [2.45, 2.75) is 0 Å². The Kier molecular flexibility index (Phi) is 8.93. The molecule has 3 heterocycles. The second kappa shape index (κ2) is 15.4. The van der Waals surface area contributed by atoms with Gasteiger partial charge in [0.2, 0.25) is 0 Å². The molecule has 0 bridgehead atoms. The van der Waals surface area contributed by atoms with Gasteiger partial charge in [0.15, 0.2) is 0 Å². The highest BCUT2D eigenvalue weighted by Gasteiger charge is 2.44. The third-order valence-corrected chi connectivity index (χ3v) is 12.7. The van der Waals surface area contributed by atoms with Gasteiger partial charge in [-0.25, -0.2) is 0 Å².